The molecule has 1 fully saturated rings. The minimum atomic E-state index is 0.328. The largest absolute Gasteiger partial charge is 0.365 e. The number of hydrogen-bond acceptors (Lipinski definition) is 6. The molecule has 130 valence electrons. The van der Waals surface area contributed by atoms with Crippen LogP contribution in [0.15, 0.2) is 24.7 Å². The molecule has 0 aromatic carbocycles. The first-order chi connectivity index (χ1) is 12.2. The summed E-state index contributed by atoms with van der Waals surface area (Å²) in [6.45, 7) is 6.02. The zero-order valence-corrected chi connectivity index (χ0v) is 14.7. The van der Waals surface area contributed by atoms with E-state index in [0.29, 0.717) is 6.04 Å². The molecule has 3 aromatic heterocycles. The highest BCUT2D eigenvalue weighted by molar-refractivity contribution is 5.90. The number of piperidine rings is 1. The van der Waals surface area contributed by atoms with E-state index in [0.717, 1.165) is 60.7 Å². The van der Waals surface area contributed by atoms with E-state index in [1.807, 2.05) is 19.2 Å². The lowest BCUT2D eigenvalue weighted by atomic mass is 10.1. The Morgan fingerprint density at radius 3 is 3.00 bits per heavy atom. The van der Waals surface area contributed by atoms with Crippen molar-refractivity contribution in [3.05, 3.63) is 35.9 Å². The van der Waals surface area contributed by atoms with Crippen LogP contribution < -0.4 is 10.2 Å². The number of rotatable bonds is 4. The smallest absolute Gasteiger partial charge is 0.151 e. The molecule has 0 saturated carbocycles. The molecule has 0 spiro atoms. The van der Waals surface area contributed by atoms with E-state index >= 15 is 0 Å². The van der Waals surface area contributed by atoms with Gasteiger partial charge >= 0.3 is 0 Å². The summed E-state index contributed by atoms with van der Waals surface area (Å²) in [6.07, 6.45) is 6.84. The first-order valence-corrected chi connectivity index (χ1v) is 8.87. The molecule has 2 N–H and O–H groups in total. The van der Waals surface area contributed by atoms with E-state index in [1.165, 1.54) is 5.56 Å². The van der Waals surface area contributed by atoms with Crippen LogP contribution in [-0.2, 0) is 6.42 Å². The van der Waals surface area contributed by atoms with Gasteiger partial charge in [0.25, 0.3) is 0 Å². The average molecular weight is 337 g/mol. The van der Waals surface area contributed by atoms with Crippen molar-refractivity contribution < 1.29 is 0 Å². The molecule has 0 radical (unpaired) electrons. The maximum Gasteiger partial charge on any atom is 0.151 e. The van der Waals surface area contributed by atoms with Gasteiger partial charge < -0.3 is 15.2 Å². The summed E-state index contributed by atoms with van der Waals surface area (Å²) < 4.78 is 0. The number of aromatic nitrogens is 5. The molecule has 7 nitrogen and oxygen atoms in total. The minimum absolute atomic E-state index is 0.328. The van der Waals surface area contributed by atoms with Gasteiger partial charge in [0.15, 0.2) is 5.82 Å². The van der Waals surface area contributed by atoms with E-state index in [4.69, 9.17) is 0 Å². The van der Waals surface area contributed by atoms with Crippen LogP contribution in [-0.4, -0.2) is 44.3 Å². The second kappa shape index (κ2) is 6.66. The second-order valence-corrected chi connectivity index (χ2v) is 6.58. The molecule has 1 atom stereocenters. The lowest BCUT2D eigenvalue weighted by molar-refractivity contribution is 0.524. The summed E-state index contributed by atoms with van der Waals surface area (Å²) in [5.74, 6) is 1.87. The maximum atomic E-state index is 4.50. The van der Waals surface area contributed by atoms with Crippen LogP contribution in [0, 0.1) is 6.92 Å². The topological polar surface area (TPSA) is 82.6 Å². The molecular weight excluding hydrogens is 314 g/mol. The first-order valence-electron chi connectivity index (χ1n) is 8.87. The normalized spacial score (nSPS) is 17.8. The van der Waals surface area contributed by atoms with E-state index in [-0.39, 0.29) is 0 Å². The third-order valence-electron chi connectivity index (χ3n) is 4.80. The Morgan fingerprint density at radius 1 is 1.28 bits per heavy atom. The summed E-state index contributed by atoms with van der Waals surface area (Å²) in [6, 6.07) is 4.39. The quantitative estimate of drug-likeness (QED) is 0.762. The van der Waals surface area contributed by atoms with Crippen LogP contribution in [0.3, 0.4) is 0 Å². The Balaban J connectivity index is 1.55. The second-order valence-electron chi connectivity index (χ2n) is 6.58. The molecule has 4 rings (SSSR count). The molecule has 4 heterocycles. The number of anilines is 2. The van der Waals surface area contributed by atoms with Gasteiger partial charge in [-0.25, -0.2) is 9.97 Å². The van der Waals surface area contributed by atoms with Crippen LogP contribution in [0.1, 0.15) is 31.0 Å². The Bertz CT molecular complexity index is 855. The Hall–Kier alpha value is -2.70. The third-order valence-corrected chi connectivity index (χ3v) is 4.80. The van der Waals surface area contributed by atoms with Gasteiger partial charge in [0.05, 0.1) is 11.1 Å². The van der Waals surface area contributed by atoms with E-state index in [2.05, 4.69) is 48.4 Å². The molecule has 0 amide bonds. The summed E-state index contributed by atoms with van der Waals surface area (Å²) in [5, 5.41) is 13.3. The summed E-state index contributed by atoms with van der Waals surface area (Å²) in [7, 11) is 0. The lowest BCUT2D eigenvalue weighted by Crippen LogP contribution is -2.42. The monoisotopic (exact) mass is 337 g/mol. The zero-order chi connectivity index (χ0) is 17.2. The number of aryl methyl sites for hydroxylation is 2. The van der Waals surface area contributed by atoms with Crippen molar-refractivity contribution in [3.8, 4) is 0 Å². The van der Waals surface area contributed by atoms with Gasteiger partial charge in [0.2, 0.25) is 0 Å². The zero-order valence-electron chi connectivity index (χ0n) is 14.7. The number of fused-ring (bicyclic) bond motifs is 1. The van der Waals surface area contributed by atoms with E-state index < -0.39 is 0 Å². The number of hydrogen-bond donors (Lipinski definition) is 2. The van der Waals surface area contributed by atoms with Gasteiger partial charge in [-0.3, -0.25) is 0 Å². The van der Waals surface area contributed by atoms with Gasteiger partial charge in [0.1, 0.15) is 17.8 Å². The summed E-state index contributed by atoms with van der Waals surface area (Å²) >= 11 is 0. The Labute approximate surface area is 146 Å². The Kier molecular flexibility index (Phi) is 4.21. The average Bonchev–Trinajstić information content (AvgIpc) is 3.07. The number of nitrogens with zero attached hydrogens (tertiary/aromatic N) is 5. The molecule has 0 bridgehead atoms. The number of H-pyrrole nitrogens is 1. The molecule has 25 heavy (non-hydrogen) atoms. The maximum absolute atomic E-state index is 4.50. The van der Waals surface area contributed by atoms with Gasteiger partial charge in [-0.15, -0.1) is 5.10 Å². The van der Waals surface area contributed by atoms with Crippen molar-refractivity contribution in [3.63, 3.8) is 0 Å². The van der Waals surface area contributed by atoms with E-state index in [9.17, 15) is 0 Å². The van der Waals surface area contributed by atoms with Gasteiger partial charge in [-0.2, -0.15) is 5.10 Å². The number of aromatic amines is 1. The van der Waals surface area contributed by atoms with Crippen LogP contribution in [0.5, 0.6) is 0 Å². The fourth-order valence-electron chi connectivity index (χ4n) is 3.47. The first kappa shape index (κ1) is 15.8. The minimum Gasteiger partial charge on any atom is -0.365 e. The predicted octanol–water partition coefficient (Wildman–Crippen LogP) is 2.70. The highest BCUT2D eigenvalue weighted by Gasteiger charge is 2.22. The van der Waals surface area contributed by atoms with Crippen molar-refractivity contribution in [2.45, 2.75) is 39.2 Å². The van der Waals surface area contributed by atoms with Crippen molar-refractivity contribution in [1.82, 2.24) is 25.1 Å². The third kappa shape index (κ3) is 3.14. The molecule has 1 aliphatic rings. The van der Waals surface area contributed by atoms with Gasteiger partial charge in [-0.1, -0.05) is 6.92 Å². The van der Waals surface area contributed by atoms with E-state index in [1.54, 1.807) is 6.33 Å². The Morgan fingerprint density at radius 2 is 2.20 bits per heavy atom. The van der Waals surface area contributed by atoms with Crippen molar-refractivity contribution in [2.24, 2.45) is 0 Å². The van der Waals surface area contributed by atoms with Crippen LogP contribution in [0.25, 0.3) is 11.0 Å². The molecule has 0 aliphatic carbocycles. The van der Waals surface area contributed by atoms with Crippen molar-refractivity contribution in [2.75, 3.05) is 23.3 Å². The highest BCUT2D eigenvalue weighted by Crippen LogP contribution is 2.26. The molecule has 1 aliphatic heterocycles. The van der Waals surface area contributed by atoms with Crippen LogP contribution in [0.2, 0.25) is 0 Å². The van der Waals surface area contributed by atoms with Crippen LogP contribution >= 0.6 is 0 Å². The SMILES string of the molecule is CCc1c[nH]c2ncnc(NC3CCCN(c4ccc(C)nn4)C3)c12. The molecule has 1 unspecified atom stereocenters. The lowest BCUT2D eigenvalue weighted by Gasteiger charge is -2.34. The molecule has 1 saturated heterocycles. The predicted molar refractivity (Wildman–Crippen MR) is 98.9 cm³/mol. The fraction of sp³-hybridized carbons (Fsp3) is 0.444. The highest BCUT2D eigenvalue weighted by atomic mass is 15.3. The number of nitrogens with one attached hydrogen (secondary N) is 2. The van der Waals surface area contributed by atoms with Gasteiger partial charge in [-0.05, 0) is 43.9 Å². The molecular formula is C18H23N7. The van der Waals surface area contributed by atoms with Crippen LogP contribution in [0.4, 0.5) is 11.6 Å². The van der Waals surface area contributed by atoms with Crippen molar-refractivity contribution in [1.29, 1.82) is 0 Å². The fourth-order valence-corrected chi connectivity index (χ4v) is 3.47. The molecule has 7 heteroatoms. The van der Waals surface area contributed by atoms with Crippen molar-refractivity contribution >= 4 is 22.7 Å². The van der Waals surface area contributed by atoms with Gasteiger partial charge in [0, 0.05) is 25.3 Å². The molecule has 3 aromatic rings. The summed E-state index contributed by atoms with van der Waals surface area (Å²) in [4.78, 5) is 14.4. The summed E-state index contributed by atoms with van der Waals surface area (Å²) in [5.41, 5.74) is 3.08. The standard InChI is InChI=1S/C18H23N7/c1-3-13-9-19-17-16(13)18(21-11-20-17)22-14-5-4-8-25(10-14)15-7-6-12(2)23-24-15/h6-7,9,11,14H,3-5,8,10H2,1-2H3,(H2,19,20,21,22).